The predicted octanol–water partition coefficient (Wildman–Crippen LogP) is 1.74. The summed E-state index contributed by atoms with van der Waals surface area (Å²) in [7, 11) is 0. The monoisotopic (exact) mass is 395 g/mol. The Kier molecular flexibility index (Phi) is 5.69. The number of carbonyl (C=O) groups excluding carboxylic acids is 3. The Bertz CT molecular complexity index is 901. The summed E-state index contributed by atoms with van der Waals surface area (Å²) in [5, 5.41) is 11.4. The minimum atomic E-state index is -0.279. The number of imide groups is 1. The number of fused-ring (bicyclic) bond motifs is 2. The summed E-state index contributed by atoms with van der Waals surface area (Å²) in [6.07, 6.45) is 5.84. The van der Waals surface area contributed by atoms with Crippen LogP contribution in [0.1, 0.15) is 64.5 Å². The number of nitrogens with one attached hydrogen (secondary N) is 1. The van der Waals surface area contributed by atoms with Crippen LogP contribution in [0.3, 0.4) is 0 Å². The van der Waals surface area contributed by atoms with Gasteiger partial charge in [-0.25, -0.2) is 0 Å². The molecule has 0 saturated heterocycles. The first-order chi connectivity index (χ1) is 14.1. The molecule has 2 aliphatic heterocycles. The lowest BCUT2D eigenvalue weighted by atomic mass is 10.1. The number of benzene rings is 1. The smallest absolute Gasteiger partial charge is 0.261 e. The Labute approximate surface area is 169 Å². The molecule has 0 atom stereocenters. The molecule has 4 rings (SSSR count). The molecule has 0 saturated carbocycles. The molecule has 2 aliphatic rings. The number of carbonyl (C=O) groups is 3. The van der Waals surface area contributed by atoms with Crippen LogP contribution in [0.25, 0.3) is 0 Å². The molecule has 1 aromatic carbocycles. The van der Waals surface area contributed by atoms with Crippen LogP contribution in [0.5, 0.6) is 0 Å². The van der Waals surface area contributed by atoms with Crippen molar-refractivity contribution in [2.45, 2.75) is 51.5 Å². The van der Waals surface area contributed by atoms with Crippen molar-refractivity contribution >= 4 is 17.7 Å². The third kappa shape index (κ3) is 4.06. The zero-order valence-electron chi connectivity index (χ0n) is 16.4. The van der Waals surface area contributed by atoms with Gasteiger partial charge in [0.05, 0.1) is 11.1 Å². The molecule has 152 valence electrons. The first-order valence-electron chi connectivity index (χ1n) is 10.3. The molecular weight excluding hydrogens is 370 g/mol. The number of nitrogens with zero attached hydrogens (tertiary/aromatic N) is 4. The predicted molar refractivity (Wildman–Crippen MR) is 105 cm³/mol. The summed E-state index contributed by atoms with van der Waals surface area (Å²) in [5.41, 5.74) is 0.879. The van der Waals surface area contributed by atoms with Crippen LogP contribution in [-0.2, 0) is 24.2 Å². The van der Waals surface area contributed by atoms with Crippen molar-refractivity contribution in [2.24, 2.45) is 0 Å². The molecule has 3 amide bonds. The molecule has 1 N–H and O–H groups in total. The van der Waals surface area contributed by atoms with Gasteiger partial charge in [-0.2, -0.15) is 0 Å². The molecule has 0 unspecified atom stereocenters. The average molecular weight is 395 g/mol. The van der Waals surface area contributed by atoms with Gasteiger partial charge < -0.3 is 9.88 Å². The lowest BCUT2D eigenvalue weighted by molar-refractivity contribution is -0.121. The minimum Gasteiger partial charge on any atom is -0.356 e. The van der Waals surface area contributed by atoms with Gasteiger partial charge >= 0.3 is 0 Å². The SMILES string of the molecule is O=C(CCCN1C(=O)c2ccccc2C1=O)NCCc1nnc2n1CCCCC2. The molecular formula is C21H25N5O3. The average Bonchev–Trinajstić information content (AvgIpc) is 3.10. The number of aromatic nitrogens is 3. The van der Waals surface area contributed by atoms with Gasteiger partial charge in [-0.3, -0.25) is 19.3 Å². The van der Waals surface area contributed by atoms with Gasteiger partial charge in [0, 0.05) is 38.9 Å². The molecule has 0 radical (unpaired) electrons. The van der Waals surface area contributed by atoms with E-state index in [2.05, 4.69) is 20.1 Å². The number of rotatable bonds is 7. The molecule has 29 heavy (non-hydrogen) atoms. The Morgan fingerprint density at radius 3 is 2.55 bits per heavy atom. The van der Waals surface area contributed by atoms with E-state index in [0.717, 1.165) is 37.5 Å². The van der Waals surface area contributed by atoms with E-state index in [0.29, 0.717) is 30.5 Å². The molecule has 0 spiro atoms. The van der Waals surface area contributed by atoms with Crippen molar-refractivity contribution in [1.82, 2.24) is 25.0 Å². The van der Waals surface area contributed by atoms with E-state index in [1.54, 1.807) is 24.3 Å². The van der Waals surface area contributed by atoms with Gasteiger partial charge in [-0.15, -0.1) is 10.2 Å². The highest BCUT2D eigenvalue weighted by molar-refractivity contribution is 6.21. The van der Waals surface area contributed by atoms with Crippen molar-refractivity contribution in [3.63, 3.8) is 0 Å². The number of hydrogen-bond donors (Lipinski definition) is 1. The fourth-order valence-corrected chi connectivity index (χ4v) is 3.97. The highest BCUT2D eigenvalue weighted by atomic mass is 16.2. The van der Waals surface area contributed by atoms with E-state index < -0.39 is 0 Å². The fraction of sp³-hybridized carbons (Fsp3) is 0.476. The summed E-state index contributed by atoms with van der Waals surface area (Å²) in [4.78, 5) is 38.0. The normalized spacial score (nSPS) is 15.8. The lowest BCUT2D eigenvalue weighted by Crippen LogP contribution is -2.32. The Balaban J connectivity index is 1.20. The van der Waals surface area contributed by atoms with E-state index in [1.165, 1.54) is 11.3 Å². The Hall–Kier alpha value is -3.03. The number of aryl methyl sites for hydroxylation is 1. The van der Waals surface area contributed by atoms with Crippen molar-refractivity contribution < 1.29 is 14.4 Å². The van der Waals surface area contributed by atoms with Crippen molar-refractivity contribution in [2.75, 3.05) is 13.1 Å². The largest absolute Gasteiger partial charge is 0.356 e. The first kappa shape index (κ1) is 19.3. The van der Waals surface area contributed by atoms with Crippen molar-refractivity contribution in [3.8, 4) is 0 Å². The fourth-order valence-electron chi connectivity index (χ4n) is 3.97. The number of amides is 3. The van der Waals surface area contributed by atoms with E-state index in [9.17, 15) is 14.4 Å². The molecule has 2 aromatic rings. The van der Waals surface area contributed by atoms with Gasteiger partial charge in [0.2, 0.25) is 5.91 Å². The quantitative estimate of drug-likeness (QED) is 0.720. The number of hydrogen-bond acceptors (Lipinski definition) is 5. The molecule has 0 bridgehead atoms. The van der Waals surface area contributed by atoms with Crippen LogP contribution < -0.4 is 5.32 Å². The topological polar surface area (TPSA) is 97.2 Å². The zero-order valence-corrected chi connectivity index (χ0v) is 16.4. The third-order valence-electron chi connectivity index (χ3n) is 5.52. The minimum absolute atomic E-state index is 0.0859. The van der Waals surface area contributed by atoms with Crippen LogP contribution in [-0.4, -0.2) is 50.5 Å². The van der Waals surface area contributed by atoms with Gasteiger partial charge in [-0.05, 0) is 31.4 Å². The van der Waals surface area contributed by atoms with Crippen LogP contribution >= 0.6 is 0 Å². The zero-order chi connectivity index (χ0) is 20.2. The standard InChI is InChI=1S/C21H25N5O3/c27-19(22-12-11-18-24-23-17-9-2-1-5-13-25(17)18)10-6-14-26-20(28)15-7-3-4-8-16(15)21(26)29/h3-4,7-8H,1-2,5-6,9-14H2,(H,22,27). The molecule has 8 heteroatoms. The second-order valence-electron chi connectivity index (χ2n) is 7.51. The van der Waals surface area contributed by atoms with E-state index >= 15 is 0 Å². The first-order valence-corrected chi connectivity index (χ1v) is 10.3. The van der Waals surface area contributed by atoms with Crippen molar-refractivity contribution in [1.29, 1.82) is 0 Å². The van der Waals surface area contributed by atoms with Crippen LogP contribution in [0.15, 0.2) is 24.3 Å². The van der Waals surface area contributed by atoms with Crippen LogP contribution in [0, 0.1) is 0 Å². The maximum Gasteiger partial charge on any atom is 0.261 e. The summed E-state index contributed by atoms with van der Waals surface area (Å²) >= 11 is 0. The molecule has 3 heterocycles. The third-order valence-corrected chi connectivity index (χ3v) is 5.52. The van der Waals surface area contributed by atoms with Gasteiger partial charge in [0.25, 0.3) is 11.8 Å². The summed E-state index contributed by atoms with van der Waals surface area (Å²) < 4.78 is 2.18. The molecule has 1 aromatic heterocycles. The summed E-state index contributed by atoms with van der Waals surface area (Å²) in [5.74, 6) is 1.33. The maximum atomic E-state index is 12.3. The lowest BCUT2D eigenvalue weighted by Gasteiger charge is -2.13. The van der Waals surface area contributed by atoms with Crippen LogP contribution in [0.4, 0.5) is 0 Å². The Morgan fingerprint density at radius 2 is 1.79 bits per heavy atom. The van der Waals surface area contributed by atoms with Gasteiger partial charge in [0.1, 0.15) is 11.6 Å². The van der Waals surface area contributed by atoms with E-state index in [1.807, 2.05) is 0 Å². The Morgan fingerprint density at radius 1 is 1.03 bits per heavy atom. The van der Waals surface area contributed by atoms with Gasteiger partial charge in [-0.1, -0.05) is 18.6 Å². The second kappa shape index (κ2) is 8.55. The van der Waals surface area contributed by atoms with E-state index in [-0.39, 0.29) is 30.7 Å². The molecule has 0 aliphatic carbocycles. The van der Waals surface area contributed by atoms with Crippen molar-refractivity contribution in [3.05, 3.63) is 47.0 Å². The molecule has 8 nitrogen and oxygen atoms in total. The van der Waals surface area contributed by atoms with Crippen LogP contribution in [0.2, 0.25) is 0 Å². The summed E-state index contributed by atoms with van der Waals surface area (Å²) in [6, 6.07) is 6.81. The second-order valence-corrected chi connectivity index (χ2v) is 7.51. The van der Waals surface area contributed by atoms with E-state index in [4.69, 9.17) is 0 Å². The summed E-state index contributed by atoms with van der Waals surface area (Å²) in [6.45, 7) is 1.70. The highest BCUT2D eigenvalue weighted by Crippen LogP contribution is 2.22. The highest BCUT2D eigenvalue weighted by Gasteiger charge is 2.34. The molecule has 0 fully saturated rings. The van der Waals surface area contributed by atoms with Gasteiger partial charge in [0.15, 0.2) is 0 Å². The maximum absolute atomic E-state index is 12.3.